The van der Waals surface area contributed by atoms with Crippen LogP contribution in [0.1, 0.15) is 60.2 Å². The van der Waals surface area contributed by atoms with Gasteiger partial charge in [-0.15, -0.1) is 0 Å². The molecule has 1 saturated heterocycles. The zero-order chi connectivity index (χ0) is 20.6. The molecule has 156 valence electrons. The number of carbonyl (C=O) groups is 2. The van der Waals surface area contributed by atoms with E-state index in [2.05, 4.69) is 15.1 Å². The number of ether oxygens (including phenoxy) is 1. The average molecular weight is 401 g/mol. The maximum absolute atomic E-state index is 12.9. The van der Waals surface area contributed by atoms with Crippen LogP contribution in [0.3, 0.4) is 0 Å². The molecule has 29 heavy (non-hydrogen) atoms. The van der Waals surface area contributed by atoms with Crippen molar-refractivity contribution >= 4 is 11.8 Å². The molecule has 9 heteroatoms. The van der Waals surface area contributed by atoms with Gasteiger partial charge in [0.05, 0.1) is 23.3 Å². The monoisotopic (exact) mass is 401 g/mol. The minimum absolute atomic E-state index is 0.0419. The number of aromatic amines is 1. The van der Waals surface area contributed by atoms with Crippen molar-refractivity contribution in [3.63, 3.8) is 0 Å². The molecule has 0 aliphatic carbocycles. The fraction of sp³-hybridized carbons (Fsp3) is 0.600. The van der Waals surface area contributed by atoms with Gasteiger partial charge in [-0.05, 0) is 18.8 Å². The Kier molecular flexibility index (Phi) is 5.16. The second-order valence-corrected chi connectivity index (χ2v) is 8.05. The smallest absolute Gasteiger partial charge is 0.292 e. The number of nitrogens with zero attached hydrogens (tertiary/aromatic N) is 4. The molecule has 4 heterocycles. The molecular formula is C20H27N5O4. The van der Waals surface area contributed by atoms with E-state index in [-0.39, 0.29) is 30.1 Å². The first-order valence-electron chi connectivity index (χ1n) is 10.0. The normalized spacial score (nSPS) is 18.3. The SMILES string of the molecule is COCC(=O)N1CCc2[nH]cnc2C12CCN(C(=O)c1cc(C(C)C)no1)CC2. The highest BCUT2D eigenvalue weighted by Crippen LogP contribution is 2.42. The first kappa shape index (κ1) is 19.6. The Morgan fingerprint density at radius 3 is 2.72 bits per heavy atom. The fourth-order valence-corrected chi connectivity index (χ4v) is 4.45. The van der Waals surface area contributed by atoms with Gasteiger partial charge in [-0.25, -0.2) is 4.98 Å². The van der Waals surface area contributed by atoms with Crippen molar-refractivity contribution in [3.05, 3.63) is 35.2 Å². The number of likely N-dealkylation sites (tertiary alicyclic amines) is 1. The molecule has 1 fully saturated rings. The predicted octanol–water partition coefficient (Wildman–Crippen LogP) is 1.68. The lowest BCUT2D eigenvalue weighted by Crippen LogP contribution is -2.59. The van der Waals surface area contributed by atoms with Crippen molar-refractivity contribution in [2.45, 2.75) is 44.6 Å². The summed E-state index contributed by atoms with van der Waals surface area (Å²) >= 11 is 0. The van der Waals surface area contributed by atoms with Crippen LogP contribution >= 0.6 is 0 Å². The van der Waals surface area contributed by atoms with Crippen LogP contribution in [-0.2, 0) is 21.5 Å². The first-order valence-corrected chi connectivity index (χ1v) is 10.0. The lowest BCUT2D eigenvalue weighted by atomic mass is 9.78. The zero-order valence-corrected chi connectivity index (χ0v) is 17.1. The number of fused-ring (bicyclic) bond motifs is 2. The number of hydrogen-bond acceptors (Lipinski definition) is 6. The summed E-state index contributed by atoms with van der Waals surface area (Å²) in [5, 5.41) is 3.99. The van der Waals surface area contributed by atoms with Gasteiger partial charge in [-0.1, -0.05) is 19.0 Å². The number of nitrogens with one attached hydrogen (secondary N) is 1. The summed E-state index contributed by atoms with van der Waals surface area (Å²) in [5.41, 5.74) is 2.25. The highest BCUT2D eigenvalue weighted by atomic mass is 16.5. The van der Waals surface area contributed by atoms with Crippen molar-refractivity contribution in [1.82, 2.24) is 24.9 Å². The van der Waals surface area contributed by atoms with E-state index in [4.69, 9.17) is 9.26 Å². The van der Waals surface area contributed by atoms with E-state index in [9.17, 15) is 9.59 Å². The Morgan fingerprint density at radius 2 is 2.07 bits per heavy atom. The summed E-state index contributed by atoms with van der Waals surface area (Å²) in [4.78, 5) is 37.1. The number of piperidine rings is 1. The van der Waals surface area contributed by atoms with Crippen LogP contribution in [0.25, 0.3) is 0 Å². The summed E-state index contributed by atoms with van der Waals surface area (Å²) in [6.07, 6.45) is 3.68. The third kappa shape index (κ3) is 3.33. The molecule has 2 aromatic heterocycles. The standard InChI is InChI=1S/C20H27N5O4/c1-13(2)15-10-16(29-23-15)19(27)24-8-5-20(6-9-24)18-14(21-12-22-18)4-7-25(20)17(26)11-28-3/h10,12-13H,4-9,11H2,1-3H3,(H,21,22). The predicted molar refractivity (Wildman–Crippen MR) is 103 cm³/mol. The second kappa shape index (κ2) is 7.62. The summed E-state index contributed by atoms with van der Waals surface area (Å²) in [7, 11) is 1.53. The highest BCUT2D eigenvalue weighted by molar-refractivity contribution is 5.91. The molecule has 2 aliphatic rings. The van der Waals surface area contributed by atoms with E-state index in [1.807, 2.05) is 18.7 Å². The summed E-state index contributed by atoms with van der Waals surface area (Å²) in [6.45, 7) is 5.70. The van der Waals surface area contributed by atoms with Crippen LogP contribution < -0.4 is 0 Å². The minimum atomic E-state index is -0.509. The number of H-pyrrole nitrogens is 1. The van der Waals surface area contributed by atoms with E-state index in [0.717, 1.165) is 23.5 Å². The topological polar surface area (TPSA) is 105 Å². The number of rotatable bonds is 4. The number of carbonyl (C=O) groups excluding carboxylic acids is 2. The maximum Gasteiger partial charge on any atom is 0.292 e. The fourth-order valence-electron chi connectivity index (χ4n) is 4.45. The highest BCUT2D eigenvalue weighted by Gasteiger charge is 2.49. The lowest BCUT2D eigenvalue weighted by Gasteiger charge is -2.50. The molecule has 4 rings (SSSR count). The van der Waals surface area contributed by atoms with Crippen LogP contribution in [0.2, 0.25) is 0 Å². The van der Waals surface area contributed by atoms with Gasteiger partial charge >= 0.3 is 0 Å². The van der Waals surface area contributed by atoms with Gasteiger partial charge in [-0.3, -0.25) is 9.59 Å². The Labute approximate surface area is 169 Å². The van der Waals surface area contributed by atoms with Gasteiger partial charge in [0.15, 0.2) is 0 Å². The van der Waals surface area contributed by atoms with E-state index in [0.29, 0.717) is 32.5 Å². The Hall–Kier alpha value is -2.68. The van der Waals surface area contributed by atoms with Gasteiger partial charge < -0.3 is 24.0 Å². The quantitative estimate of drug-likeness (QED) is 0.836. The van der Waals surface area contributed by atoms with Crippen LogP contribution in [0.5, 0.6) is 0 Å². The Balaban J connectivity index is 1.55. The summed E-state index contributed by atoms with van der Waals surface area (Å²) in [6, 6.07) is 1.72. The van der Waals surface area contributed by atoms with Crippen molar-refractivity contribution in [3.8, 4) is 0 Å². The van der Waals surface area contributed by atoms with Crippen LogP contribution in [-0.4, -0.2) is 70.1 Å². The number of hydrogen-bond donors (Lipinski definition) is 1. The second-order valence-electron chi connectivity index (χ2n) is 8.05. The summed E-state index contributed by atoms with van der Waals surface area (Å²) in [5.74, 6) is 0.261. The lowest BCUT2D eigenvalue weighted by molar-refractivity contribution is -0.145. The molecule has 9 nitrogen and oxygen atoms in total. The van der Waals surface area contributed by atoms with Gasteiger partial charge in [0.1, 0.15) is 6.61 Å². The van der Waals surface area contributed by atoms with E-state index >= 15 is 0 Å². The van der Waals surface area contributed by atoms with Crippen LogP contribution in [0.15, 0.2) is 16.9 Å². The molecule has 1 spiro atoms. The molecule has 0 unspecified atom stereocenters. The molecule has 2 aromatic rings. The van der Waals surface area contributed by atoms with Gasteiger partial charge in [0.25, 0.3) is 5.91 Å². The molecule has 0 aromatic carbocycles. The third-order valence-corrected chi connectivity index (χ3v) is 6.04. The van der Waals surface area contributed by atoms with E-state index < -0.39 is 5.54 Å². The van der Waals surface area contributed by atoms with Gasteiger partial charge in [0, 0.05) is 44.9 Å². The van der Waals surface area contributed by atoms with Crippen LogP contribution in [0, 0.1) is 0 Å². The third-order valence-electron chi connectivity index (χ3n) is 6.04. The number of amides is 2. The number of aromatic nitrogens is 3. The molecule has 1 N–H and O–H groups in total. The molecular weight excluding hydrogens is 374 g/mol. The zero-order valence-electron chi connectivity index (χ0n) is 17.1. The molecule has 2 amide bonds. The number of imidazole rings is 1. The molecule has 0 bridgehead atoms. The molecule has 0 atom stereocenters. The minimum Gasteiger partial charge on any atom is -0.375 e. The number of methoxy groups -OCH3 is 1. The molecule has 0 radical (unpaired) electrons. The van der Waals surface area contributed by atoms with Crippen LogP contribution in [0.4, 0.5) is 0 Å². The first-order chi connectivity index (χ1) is 14.0. The van der Waals surface area contributed by atoms with Crippen molar-refractivity contribution < 1.29 is 18.8 Å². The van der Waals surface area contributed by atoms with E-state index in [1.54, 1.807) is 17.3 Å². The van der Waals surface area contributed by atoms with Gasteiger partial charge in [-0.2, -0.15) is 0 Å². The summed E-state index contributed by atoms with van der Waals surface area (Å²) < 4.78 is 10.4. The Bertz CT molecular complexity index is 894. The van der Waals surface area contributed by atoms with E-state index in [1.165, 1.54) is 7.11 Å². The van der Waals surface area contributed by atoms with Crippen molar-refractivity contribution in [1.29, 1.82) is 0 Å². The maximum atomic E-state index is 12.9. The van der Waals surface area contributed by atoms with Gasteiger partial charge in [0.2, 0.25) is 11.7 Å². The largest absolute Gasteiger partial charge is 0.375 e. The Morgan fingerprint density at radius 1 is 1.31 bits per heavy atom. The molecule has 2 aliphatic heterocycles. The van der Waals surface area contributed by atoms with Crippen molar-refractivity contribution in [2.75, 3.05) is 33.4 Å². The molecule has 0 saturated carbocycles. The van der Waals surface area contributed by atoms with Crippen molar-refractivity contribution in [2.24, 2.45) is 0 Å². The average Bonchev–Trinajstić information content (AvgIpc) is 3.39.